The molecule has 3 aromatic rings. The second-order valence-electron chi connectivity index (χ2n) is 10.1. The maximum atomic E-state index is 14.5. The van der Waals surface area contributed by atoms with Gasteiger partial charge in [-0.25, -0.2) is 0 Å². The SMILES string of the molecule is CC(C)CC(=O)NCc1ccc(C2=NOC(c3cc(C(F)(F)F)cc(C(F)(F)F)c3)(C(F)(F)F)C2)c2ccccc12. The summed E-state index contributed by atoms with van der Waals surface area (Å²) < 4.78 is 124. The van der Waals surface area contributed by atoms with Crippen molar-refractivity contribution in [2.24, 2.45) is 11.1 Å². The molecule has 3 aromatic carbocycles. The summed E-state index contributed by atoms with van der Waals surface area (Å²) in [6, 6.07) is 9.23. The van der Waals surface area contributed by atoms with E-state index in [-0.39, 0.29) is 54.3 Å². The minimum atomic E-state index is -5.44. The van der Waals surface area contributed by atoms with Crippen LogP contribution in [0.3, 0.4) is 0 Å². The lowest BCUT2D eigenvalue weighted by Gasteiger charge is -2.30. The predicted octanol–water partition coefficient (Wildman–Crippen LogP) is 8.12. The Morgan fingerprint density at radius 3 is 2.02 bits per heavy atom. The fourth-order valence-electron chi connectivity index (χ4n) is 4.64. The fraction of sp³-hybridized carbons (Fsp3) is 0.357. The van der Waals surface area contributed by atoms with Crippen molar-refractivity contribution < 1.29 is 49.1 Å². The highest BCUT2D eigenvalue weighted by Crippen LogP contribution is 2.51. The van der Waals surface area contributed by atoms with E-state index >= 15 is 0 Å². The average molecular weight is 590 g/mol. The maximum Gasteiger partial charge on any atom is 0.435 e. The van der Waals surface area contributed by atoms with Gasteiger partial charge >= 0.3 is 18.5 Å². The highest BCUT2D eigenvalue weighted by atomic mass is 19.4. The molecule has 1 aliphatic rings. The summed E-state index contributed by atoms with van der Waals surface area (Å²) in [4.78, 5) is 16.9. The molecule has 1 N–H and O–H groups in total. The highest BCUT2D eigenvalue weighted by Gasteiger charge is 2.63. The predicted molar refractivity (Wildman–Crippen MR) is 132 cm³/mol. The molecular weight excluding hydrogens is 567 g/mol. The van der Waals surface area contributed by atoms with E-state index in [1.807, 2.05) is 13.8 Å². The number of nitrogens with one attached hydrogen (secondary N) is 1. The number of hydrogen-bond donors (Lipinski definition) is 1. The van der Waals surface area contributed by atoms with E-state index in [1.54, 1.807) is 30.3 Å². The molecule has 4 nitrogen and oxygen atoms in total. The number of carbonyl (C=O) groups is 1. The molecule has 1 amide bonds. The van der Waals surface area contributed by atoms with Crippen molar-refractivity contribution in [1.82, 2.24) is 5.32 Å². The number of amides is 1. The molecule has 0 saturated heterocycles. The van der Waals surface area contributed by atoms with Gasteiger partial charge < -0.3 is 10.2 Å². The Morgan fingerprint density at radius 2 is 1.49 bits per heavy atom. The van der Waals surface area contributed by atoms with Crippen molar-refractivity contribution in [2.45, 2.75) is 57.4 Å². The van der Waals surface area contributed by atoms with E-state index in [2.05, 4.69) is 10.5 Å². The number of oxime groups is 1. The topological polar surface area (TPSA) is 50.7 Å². The van der Waals surface area contributed by atoms with Crippen LogP contribution in [0.2, 0.25) is 0 Å². The first-order valence-electron chi connectivity index (χ1n) is 12.3. The lowest BCUT2D eigenvalue weighted by atomic mass is 9.83. The van der Waals surface area contributed by atoms with Gasteiger partial charge in [0.25, 0.3) is 5.60 Å². The van der Waals surface area contributed by atoms with Crippen molar-refractivity contribution in [3.63, 3.8) is 0 Å². The summed E-state index contributed by atoms with van der Waals surface area (Å²) in [5, 5.41) is 7.27. The Labute approximate surface area is 228 Å². The molecule has 1 aliphatic heterocycles. The number of rotatable bonds is 6. The van der Waals surface area contributed by atoms with Gasteiger partial charge in [-0.15, -0.1) is 0 Å². The molecule has 220 valence electrons. The van der Waals surface area contributed by atoms with Crippen molar-refractivity contribution in [3.05, 3.63) is 82.4 Å². The molecule has 0 bridgehead atoms. The molecular formula is C28H23F9N2O2. The van der Waals surface area contributed by atoms with Gasteiger partial charge in [-0.1, -0.05) is 55.4 Å². The molecule has 0 radical (unpaired) electrons. The van der Waals surface area contributed by atoms with Gasteiger partial charge in [-0.05, 0) is 40.5 Å². The molecule has 4 rings (SSSR count). The van der Waals surface area contributed by atoms with Gasteiger partial charge in [-0.3, -0.25) is 4.79 Å². The molecule has 0 spiro atoms. The van der Waals surface area contributed by atoms with Crippen LogP contribution in [-0.4, -0.2) is 17.8 Å². The monoisotopic (exact) mass is 590 g/mol. The summed E-state index contributed by atoms with van der Waals surface area (Å²) in [7, 11) is 0. The van der Waals surface area contributed by atoms with Gasteiger partial charge in [0.1, 0.15) is 0 Å². The van der Waals surface area contributed by atoms with Gasteiger partial charge in [0.2, 0.25) is 5.91 Å². The van der Waals surface area contributed by atoms with Crippen LogP contribution in [0.1, 0.15) is 54.5 Å². The first-order valence-corrected chi connectivity index (χ1v) is 12.3. The number of nitrogens with zero attached hydrogens (tertiary/aromatic N) is 1. The normalized spacial score (nSPS) is 18.0. The van der Waals surface area contributed by atoms with Crippen molar-refractivity contribution in [2.75, 3.05) is 0 Å². The minimum absolute atomic E-state index is 0.00222. The Bertz CT molecular complexity index is 1460. The Hall–Kier alpha value is -3.77. The molecule has 1 unspecified atom stereocenters. The zero-order valence-corrected chi connectivity index (χ0v) is 21.6. The summed E-state index contributed by atoms with van der Waals surface area (Å²) in [5.74, 6) is -0.0802. The third-order valence-corrected chi connectivity index (χ3v) is 6.63. The molecule has 13 heteroatoms. The zero-order valence-electron chi connectivity index (χ0n) is 21.6. The second-order valence-corrected chi connectivity index (χ2v) is 10.1. The Balaban J connectivity index is 1.76. The first-order chi connectivity index (χ1) is 18.9. The van der Waals surface area contributed by atoms with Crippen LogP contribution in [-0.2, 0) is 34.1 Å². The van der Waals surface area contributed by atoms with Crippen molar-refractivity contribution in [3.8, 4) is 0 Å². The van der Waals surface area contributed by atoms with E-state index < -0.39 is 47.2 Å². The van der Waals surface area contributed by atoms with Crippen LogP contribution < -0.4 is 5.32 Å². The van der Waals surface area contributed by atoms with Gasteiger partial charge in [0, 0.05) is 30.5 Å². The molecule has 1 heterocycles. The first kappa shape index (κ1) is 30.2. The summed E-state index contributed by atoms with van der Waals surface area (Å²) in [5.41, 5.74) is -8.33. The molecule has 41 heavy (non-hydrogen) atoms. The van der Waals surface area contributed by atoms with Crippen molar-refractivity contribution in [1.29, 1.82) is 0 Å². The third-order valence-electron chi connectivity index (χ3n) is 6.63. The van der Waals surface area contributed by atoms with E-state index in [1.165, 1.54) is 6.07 Å². The number of fused-ring (bicyclic) bond motifs is 1. The standard InChI is InChI=1S/C28H23F9N2O2/c1-15(2)9-24(40)38-14-16-7-8-22(21-6-4-3-5-20(16)21)23-13-25(41-39-23,28(35,36)37)17-10-18(26(29,30)31)12-19(11-17)27(32,33)34/h3-8,10-12,15H,9,13-14H2,1-2H3,(H,38,40). The summed E-state index contributed by atoms with van der Waals surface area (Å²) in [6.07, 6.45) is -17.1. The summed E-state index contributed by atoms with van der Waals surface area (Å²) >= 11 is 0. The zero-order chi connectivity index (χ0) is 30.4. The smallest absolute Gasteiger partial charge is 0.374 e. The molecule has 1 atom stereocenters. The van der Waals surface area contributed by atoms with E-state index in [0.29, 0.717) is 16.3 Å². The van der Waals surface area contributed by atoms with Crippen molar-refractivity contribution >= 4 is 22.4 Å². The van der Waals surface area contributed by atoms with Crippen LogP contribution in [0.15, 0.2) is 59.8 Å². The summed E-state index contributed by atoms with van der Waals surface area (Å²) in [6.45, 7) is 3.86. The second kappa shape index (κ2) is 10.6. The number of benzene rings is 3. The van der Waals surface area contributed by atoms with Gasteiger partial charge in [0.05, 0.1) is 16.8 Å². The van der Waals surface area contributed by atoms with E-state index in [4.69, 9.17) is 4.84 Å². The molecule has 0 fully saturated rings. The molecule has 0 aromatic heterocycles. The fourth-order valence-corrected chi connectivity index (χ4v) is 4.64. The van der Waals surface area contributed by atoms with E-state index in [9.17, 15) is 44.3 Å². The van der Waals surface area contributed by atoms with Crippen LogP contribution in [0.25, 0.3) is 10.8 Å². The van der Waals surface area contributed by atoms with Gasteiger partial charge in [-0.2, -0.15) is 39.5 Å². The van der Waals surface area contributed by atoms with E-state index in [0.717, 1.165) is 0 Å². The molecule has 0 aliphatic carbocycles. The average Bonchev–Trinajstić information content (AvgIpc) is 3.32. The highest BCUT2D eigenvalue weighted by molar-refractivity contribution is 6.12. The minimum Gasteiger partial charge on any atom is -0.374 e. The van der Waals surface area contributed by atoms with Crippen LogP contribution in [0, 0.1) is 5.92 Å². The van der Waals surface area contributed by atoms with Gasteiger partial charge in [0.15, 0.2) is 0 Å². The number of carbonyl (C=O) groups excluding carboxylic acids is 1. The van der Waals surface area contributed by atoms with Crippen LogP contribution in [0.4, 0.5) is 39.5 Å². The van der Waals surface area contributed by atoms with Crippen LogP contribution in [0.5, 0.6) is 0 Å². The Kier molecular flexibility index (Phi) is 7.78. The molecule has 0 saturated carbocycles. The number of alkyl halides is 9. The number of hydrogen-bond acceptors (Lipinski definition) is 3. The lowest BCUT2D eigenvalue weighted by Crippen LogP contribution is -2.43. The van der Waals surface area contributed by atoms with Crippen LogP contribution >= 0.6 is 0 Å². The Morgan fingerprint density at radius 1 is 0.902 bits per heavy atom. The lowest BCUT2D eigenvalue weighted by molar-refractivity contribution is -0.276. The number of halogens is 9. The maximum absolute atomic E-state index is 14.5. The largest absolute Gasteiger partial charge is 0.435 e. The third kappa shape index (κ3) is 6.13. The quantitative estimate of drug-likeness (QED) is 0.295.